The lowest BCUT2D eigenvalue weighted by atomic mass is 10.1. The SMILES string of the molecule is CCCCCCCCn1c(=O)c(OC(C)C)c(OCc2ccccc2)c2ccc(OC)cc21. The topological polar surface area (TPSA) is 49.7 Å². The predicted molar refractivity (Wildman–Crippen MR) is 135 cm³/mol. The largest absolute Gasteiger partial charge is 0.497 e. The van der Waals surface area contributed by atoms with E-state index in [0.29, 0.717) is 24.7 Å². The molecule has 0 atom stereocenters. The van der Waals surface area contributed by atoms with Gasteiger partial charge in [0, 0.05) is 18.0 Å². The molecule has 1 aromatic heterocycles. The molecule has 3 rings (SSSR count). The van der Waals surface area contributed by atoms with E-state index in [1.54, 1.807) is 7.11 Å². The van der Waals surface area contributed by atoms with Crippen molar-refractivity contribution in [2.45, 2.75) is 78.6 Å². The van der Waals surface area contributed by atoms with Gasteiger partial charge in [0.2, 0.25) is 5.75 Å². The van der Waals surface area contributed by atoms with Gasteiger partial charge in [0.05, 0.1) is 18.7 Å². The Morgan fingerprint density at radius 2 is 1.64 bits per heavy atom. The summed E-state index contributed by atoms with van der Waals surface area (Å²) < 4.78 is 19.6. The highest BCUT2D eigenvalue weighted by Crippen LogP contribution is 2.36. The molecule has 0 N–H and O–H groups in total. The number of unbranched alkanes of at least 4 members (excludes halogenated alkanes) is 5. The molecule has 0 aliphatic carbocycles. The van der Waals surface area contributed by atoms with Crippen LogP contribution in [0.4, 0.5) is 0 Å². The molecule has 0 aliphatic rings. The summed E-state index contributed by atoms with van der Waals surface area (Å²) in [5, 5.41) is 0.855. The summed E-state index contributed by atoms with van der Waals surface area (Å²) in [4.78, 5) is 13.6. The maximum Gasteiger partial charge on any atom is 0.297 e. The fourth-order valence-corrected chi connectivity index (χ4v) is 3.99. The Hall–Kier alpha value is -2.95. The van der Waals surface area contributed by atoms with Gasteiger partial charge >= 0.3 is 0 Å². The van der Waals surface area contributed by atoms with Gasteiger partial charge in [-0.25, -0.2) is 0 Å². The van der Waals surface area contributed by atoms with Crippen molar-refractivity contribution < 1.29 is 14.2 Å². The Labute approximate surface area is 197 Å². The van der Waals surface area contributed by atoms with Gasteiger partial charge in [-0.1, -0.05) is 69.4 Å². The molecule has 5 nitrogen and oxygen atoms in total. The number of rotatable bonds is 13. The lowest BCUT2D eigenvalue weighted by Gasteiger charge is -2.20. The van der Waals surface area contributed by atoms with E-state index in [9.17, 15) is 4.79 Å². The third-order valence-corrected chi connectivity index (χ3v) is 5.70. The van der Waals surface area contributed by atoms with Gasteiger partial charge in [-0.15, -0.1) is 0 Å². The van der Waals surface area contributed by atoms with E-state index in [4.69, 9.17) is 14.2 Å². The Morgan fingerprint density at radius 3 is 2.33 bits per heavy atom. The van der Waals surface area contributed by atoms with Crippen molar-refractivity contribution in [2.24, 2.45) is 0 Å². The van der Waals surface area contributed by atoms with Crippen LogP contribution in [0, 0.1) is 0 Å². The molecule has 2 aromatic carbocycles. The van der Waals surface area contributed by atoms with Crippen LogP contribution in [0.3, 0.4) is 0 Å². The zero-order chi connectivity index (χ0) is 23.6. The summed E-state index contributed by atoms with van der Waals surface area (Å²) in [6.45, 7) is 7.07. The number of benzene rings is 2. The van der Waals surface area contributed by atoms with E-state index < -0.39 is 0 Å². The average molecular weight is 452 g/mol. The molecule has 0 spiro atoms. The number of ether oxygens (including phenoxy) is 3. The van der Waals surface area contributed by atoms with E-state index in [-0.39, 0.29) is 17.4 Å². The zero-order valence-electron chi connectivity index (χ0n) is 20.4. The number of aryl methyl sites for hydroxylation is 1. The van der Waals surface area contributed by atoms with Crippen LogP contribution in [-0.4, -0.2) is 17.8 Å². The normalized spacial score (nSPS) is 11.2. The van der Waals surface area contributed by atoms with Gasteiger partial charge in [-0.05, 0) is 38.0 Å². The minimum Gasteiger partial charge on any atom is -0.497 e. The second-order valence-electron chi connectivity index (χ2n) is 8.71. The first-order valence-electron chi connectivity index (χ1n) is 12.1. The standard InChI is InChI=1S/C28H37NO4/c1-5-6-7-8-9-13-18-29-25-19-23(31-4)16-17-24(25)26(27(28(29)30)33-21(2)3)32-20-22-14-11-10-12-15-22/h10-12,14-17,19,21H,5-9,13,18,20H2,1-4H3. The van der Waals surface area contributed by atoms with Crippen LogP contribution in [0.2, 0.25) is 0 Å². The first-order valence-corrected chi connectivity index (χ1v) is 12.1. The van der Waals surface area contributed by atoms with Crippen molar-refractivity contribution in [1.29, 1.82) is 0 Å². The molecule has 0 aliphatic heterocycles. The summed E-state index contributed by atoms with van der Waals surface area (Å²) >= 11 is 0. The van der Waals surface area contributed by atoms with Crippen molar-refractivity contribution in [3.8, 4) is 17.2 Å². The van der Waals surface area contributed by atoms with Crippen LogP contribution >= 0.6 is 0 Å². The first-order chi connectivity index (χ1) is 16.0. The highest BCUT2D eigenvalue weighted by Gasteiger charge is 2.21. The number of nitrogens with zero attached hydrogens (tertiary/aromatic N) is 1. The zero-order valence-corrected chi connectivity index (χ0v) is 20.4. The molecule has 0 saturated carbocycles. The maximum atomic E-state index is 13.6. The van der Waals surface area contributed by atoms with Crippen LogP contribution in [0.25, 0.3) is 10.9 Å². The molecule has 0 unspecified atom stereocenters. The monoisotopic (exact) mass is 451 g/mol. The quantitative estimate of drug-likeness (QED) is 0.270. The fraction of sp³-hybridized carbons (Fsp3) is 0.464. The predicted octanol–water partition coefficient (Wildman–Crippen LogP) is 6.74. The Bertz CT molecular complexity index is 1070. The molecule has 5 heteroatoms. The molecule has 3 aromatic rings. The molecule has 33 heavy (non-hydrogen) atoms. The summed E-state index contributed by atoms with van der Waals surface area (Å²) in [5.41, 5.74) is 1.69. The third-order valence-electron chi connectivity index (χ3n) is 5.70. The summed E-state index contributed by atoms with van der Waals surface area (Å²) in [5.74, 6) is 1.49. The number of hydrogen-bond acceptors (Lipinski definition) is 4. The second kappa shape index (κ2) is 12.3. The highest BCUT2D eigenvalue weighted by atomic mass is 16.5. The number of hydrogen-bond donors (Lipinski definition) is 0. The molecule has 178 valence electrons. The van der Waals surface area contributed by atoms with Crippen LogP contribution < -0.4 is 19.8 Å². The Kier molecular flexibility index (Phi) is 9.23. The number of pyridine rings is 1. The highest BCUT2D eigenvalue weighted by molar-refractivity contribution is 5.89. The van der Waals surface area contributed by atoms with Crippen molar-refractivity contribution in [1.82, 2.24) is 4.57 Å². The summed E-state index contributed by atoms with van der Waals surface area (Å²) in [7, 11) is 1.64. The lowest BCUT2D eigenvalue weighted by molar-refractivity contribution is 0.215. The van der Waals surface area contributed by atoms with Gasteiger partial charge < -0.3 is 18.8 Å². The van der Waals surface area contributed by atoms with Crippen LogP contribution in [0.5, 0.6) is 17.2 Å². The fourth-order valence-electron chi connectivity index (χ4n) is 3.99. The van der Waals surface area contributed by atoms with Gasteiger partial charge in [-0.3, -0.25) is 4.79 Å². The molecular formula is C28H37NO4. The molecule has 0 fully saturated rings. The van der Waals surface area contributed by atoms with Crippen molar-refractivity contribution in [3.63, 3.8) is 0 Å². The van der Waals surface area contributed by atoms with E-state index in [2.05, 4.69) is 6.92 Å². The molecule has 0 amide bonds. The van der Waals surface area contributed by atoms with Gasteiger partial charge in [-0.2, -0.15) is 0 Å². The van der Waals surface area contributed by atoms with E-state index in [1.165, 1.54) is 25.7 Å². The van der Waals surface area contributed by atoms with Crippen LogP contribution in [0.1, 0.15) is 64.9 Å². The van der Waals surface area contributed by atoms with Crippen LogP contribution in [0.15, 0.2) is 53.3 Å². The average Bonchev–Trinajstić information content (AvgIpc) is 2.82. The maximum absolute atomic E-state index is 13.6. The molecular weight excluding hydrogens is 414 g/mol. The van der Waals surface area contributed by atoms with E-state index in [1.807, 2.05) is 66.9 Å². The third kappa shape index (κ3) is 6.53. The van der Waals surface area contributed by atoms with E-state index >= 15 is 0 Å². The van der Waals surface area contributed by atoms with Gasteiger partial charge in [0.1, 0.15) is 12.4 Å². The molecule has 1 heterocycles. The molecule has 0 bridgehead atoms. The van der Waals surface area contributed by atoms with Crippen LogP contribution in [-0.2, 0) is 13.2 Å². The molecule has 0 saturated heterocycles. The minimum absolute atomic E-state index is 0.144. The lowest BCUT2D eigenvalue weighted by Crippen LogP contribution is -2.25. The second-order valence-corrected chi connectivity index (χ2v) is 8.71. The Morgan fingerprint density at radius 1 is 0.909 bits per heavy atom. The van der Waals surface area contributed by atoms with E-state index in [0.717, 1.165) is 29.3 Å². The smallest absolute Gasteiger partial charge is 0.297 e. The summed E-state index contributed by atoms with van der Waals surface area (Å²) in [6, 6.07) is 15.7. The minimum atomic E-state index is -0.152. The van der Waals surface area contributed by atoms with Crippen molar-refractivity contribution in [3.05, 3.63) is 64.4 Å². The van der Waals surface area contributed by atoms with Crippen molar-refractivity contribution >= 4 is 10.9 Å². The Balaban J connectivity index is 2.01. The molecule has 0 radical (unpaired) electrons. The van der Waals surface area contributed by atoms with Crippen molar-refractivity contribution in [2.75, 3.05) is 7.11 Å². The number of methoxy groups -OCH3 is 1. The van der Waals surface area contributed by atoms with Gasteiger partial charge in [0.25, 0.3) is 5.56 Å². The summed E-state index contributed by atoms with van der Waals surface area (Å²) in [6.07, 6.45) is 6.83. The number of fused-ring (bicyclic) bond motifs is 1. The number of aromatic nitrogens is 1. The van der Waals surface area contributed by atoms with Gasteiger partial charge in [0.15, 0.2) is 5.75 Å². The first kappa shape index (κ1) is 24.7.